The van der Waals surface area contributed by atoms with Gasteiger partial charge in [0.05, 0.1) is 28.3 Å². The first-order valence-corrected chi connectivity index (χ1v) is 25.9. The SMILES string of the molecule is CC(C)[Si](C#Cc1c2nc(c(-c3cc(C(C)(C)C)cc(C(C)(C)C)c3)c3ccc(cc4ccc([nH]4)c(-c4cc(C(C)(C)C)cc(C(C)(C)C)c4)c4nc1C=C4)[nH]3)C=C2)(C(C)C)C(C)C. The van der Waals surface area contributed by atoms with Gasteiger partial charge in [0, 0.05) is 33.2 Å². The molecule has 64 heavy (non-hydrogen) atoms. The van der Waals surface area contributed by atoms with Gasteiger partial charge in [0.1, 0.15) is 8.07 Å². The lowest BCUT2D eigenvalue weighted by molar-refractivity contribution is 0.568. The fourth-order valence-corrected chi connectivity index (χ4v) is 15.0. The minimum atomic E-state index is -2.14. The number of benzene rings is 2. The molecule has 2 aliphatic heterocycles. The van der Waals surface area contributed by atoms with Crippen molar-refractivity contribution in [2.24, 2.45) is 0 Å². The summed E-state index contributed by atoms with van der Waals surface area (Å²) in [5.74, 6) is 3.89. The van der Waals surface area contributed by atoms with Gasteiger partial charge in [0.2, 0.25) is 0 Å². The van der Waals surface area contributed by atoms with Crippen molar-refractivity contribution in [2.45, 2.75) is 163 Å². The summed E-state index contributed by atoms with van der Waals surface area (Å²) in [7, 11) is -2.14. The van der Waals surface area contributed by atoms with E-state index in [1.54, 1.807) is 0 Å². The third-order valence-electron chi connectivity index (χ3n) is 13.7. The molecule has 3 aromatic heterocycles. The molecule has 0 radical (unpaired) electrons. The summed E-state index contributed by atoms with van der Waals surface area (Å²) in [6.45, 7) is 41.9. The smallest absolute Gasteiger partial charge is 0.146 e. The van der Waals surface area contributed by atoms with E-state index in [0.29, 0.717) is 16.6 Å². The lowest BCUT2D eigenvalue weighted by atomic mass is 9.78. The van der Waals surface area contributed by atoms with Crippen molar-refractivity contribution in [3.8, 4) is 33.7 Å². The summed E-state index contributed by atoms with van der Waals surface area (Å²) < 4.78 is 0. The highest BCUT2D eigenvalue weighted by Gasteiger charge is 2.42. The Kier molecular flexibility index (Phi) is 12.2. The van der Waals surface area contributed by atoms with Crippen LogP contribution >= 0.6 is 0 Å². The van der Waals surface area contributed by atoms with Gasteiger partial charge in [-0.3, -0.25) is 0 Å². The molecule has 8 bridgehead atoms. The van der Waals surface area contributed by atoms with E-state index in [1.165, 1.54) is 22.3 Å². The quantitative estimate of drug-likeness (QED) is 0.134. The van der Waals surface area contributed by atoms with E-state index in [9.17, 15) is 0 Å². The van der Waals surface area contributed by atoms with Crippen LogP contribution in [0.15, 0.2) is 66.7 Å². The Balaban J connectivity index is 1.67. The minimum absolute atomic E-state index is 0.0466. The highest BCUT2D eigenvalue weighted by molar-refractivity contribution is 6.90. The van der Waals surface area contributed by atoms with Crippen LogP contribution in [0.2, 0.25) is 16.6 Å². The zero-order valence-corrected chi connectivity index (χ0v) is 43.3. The average molecular weight is 867 g/mol. The second kappa shape index (κ2) is 16.7. The predicted molar refractivity (Wildman–Crippen MR) is 282 cm³/mol. The summed E-state index contributed by atoms with van der Waals surface area (Å²) in [4.78, 5) is 18.9. The molecule has 0 amide bonds. The molecule has 5 heteroatoms. The van der Waals surface area contributed by atoms with E-state index in [1.807, 2.05) is 0 Å². The van der Waals surface area contributed by atoms with Crippen LogP contribution in [0, 0.1) is 11.5 Å². The van der Waals surface area contributed by atoms with E-state index >= 15 is 0 Å². The van der Waals surface area contributed by atoms with Crippen LogP contribution in [0.4, 0.5) is 0 Å². The van der Waals surface area contributed by atoms with Crippen LogP contribution in [-0.4, -0.2) is 28.0 Å². The number of fused-ring (bicyclic) bond motifs is 8. The normalized spacial score (nSPS) is 13.6. The molecule has 2 aliphatic rings. The first-order chi connectivity index (χ1) is 29.7. The maximum absolute atomic E-state index is 5.59. The fraction of sp³-hybridized carbons (Fsp3) is 0.424. The highest BCUT2D eigenvalue weighted by Crippen LogP contribution is 2.43. The first kappa shape index (κ1) is 46.8. The molecule has 7 rings (SSSR count). The Bertz CT molecular complexity index is 2650. The van der Waals surface area contributed by atoms with Crippen LogP contribution in [-0.2, 0) is 21.7 Å². The number of aromatic amines is 2. The summed E-state index contributed by atoms with van der Waals surface area (Å²) in [5, 5.41) is 0. The second-order valence-corrected chi connectivity index (χ2v) is 29.2. The molecule has 0 saturated carbocycles. The number of aromatic nitrogens is 4. The number of nitrogens with zero attached hydrogens (tertiary/aromatic N) is 2. The molecular formula is C59H74N4Si. The number of nitrogens with one attached hydrogen (secondary N) is 2. The van der Waals surface area contributed by atoms with E-state index in [0.717, 1.165) is 72.7 Å². The molecule has 0 unspecified atom stereocenters. The summed E-state index contributed by atoms with van der Waals surface area (Å²) in [6, 6.07) is 25.3. The molecule has 0 saturated heterocycles. The van der Waals surface area contributed by atoms with Crippen LogP contribution in [0.25, 0.3) is 68.6 Å². The van der Waals surface area contributed by atoms with Gasteiger partial charge in [-0.2, -0.15) is 0 Å². The van der Waals surface area contributed by atoms with Crippen LogP contribution < -0.4 is 0 Å². The van der Waals surface area contributed by atoms with Gasteiger partial charge in [0.25, 0.3) is 0 Å². The zero-order chi connectivity index (χ0) is 46.9. The summed E-state index contributed by atoms with van der Waals surface area (Å²) in [6.07, 6.45) is 8.73. The van der Waals surface area contributed by atoms with Crippen LogP contribution in [0.1, 0.15) is 175 Å². The third-order valence-corrected chi connectivity index (χ3v) is 20.0. The maximum atomic E-state index is 5.59. The van der Waals surface area contributed by atoms with Gasteiger partial charge in [-0.05, 0) is 126 Å². The topological polar surface area (TPSA) is 57.4 Å². The number of rotatable bonds is 5. The molecular weight excluding hydrogens is 793 g/mol. The van der Waals surface area contributed by atoms with E-state index in [2.05, 4.69) is 237 Å². The van der Waals surface area contributed by atoms with Crippen molar-refractivity contribution < 1.29 is 0 Å². The van der Waals surface area contributed by atoms with Gasteiger partial charge in [-0.15, -0.1) is 5.54 Å². The van der Waals surface area contributed by atoms with E-state index in [-0.39, 0.29) is 21.7 Å². The van der Waals surface area contributed by atoms with E-state index < -0.39 is 8.07 Å². The van der Waals surface area contributed by atoms with Gasteiger partial charge in [-0.25, -0.2) is 9.97 Å². The third kappa shape index (κ3) is 9.19. The van der Waals surface area contributed by atoms with Crippen molar-refractivity contribution in [1.82, 2.24) is 19.9 Å². The number of hydrogen-bond acceptors (Lipinski definition) is 2. The maximum Gasteiger partial charge on any atom is 0.146 e. The molecule has 0 spiro atoms. The Labute approximate surface area is 386 Å². The average Bonchev–Trinajstić information content (AvgIpc) is 4.02. The molecule has 2 N–H and O–H groups in total. The van der Waals surface area contributed by atoms with Crippen molar-refractivity contribution in [3.05, 3.63) is 117 Å². The largest absolute Gasteiger partial charge is 0.355 e. The molecule has 4 nitrogen and oxygen atoms in total. The summed E-state index contributed by atoms with van der Waals surface area (Å²) >= 11 is 0. The summed E-state index contributed by atoms with van der Waals surface area (Å²) in [5.41, 5.74) is 23.5. The van der Waals surface area contributed by atoms with Crippen LogP contribution in [0.5, 0.6) is 0 Å². The molecule has 0 aliphatic carbocycles. The lowest BCUT2D eigenvalue weighted by Crippen LogP contribution is -2.43. The van der Waals surface area contributed by atoms with E-state index in [4.69, 9.17) is 9.97 Å². The Hall–Kier alpha value is -5.18. The standard InChI is InChI=1S/C59H74N4Si/c1-36(2)64(37(3)4,38(5)6)28-27-47-48-23-25-52(62-48)54(39-29-41(56(7,8)9)33-42(30-39)57(10,11)12)50-21-19-45(60-50)35-46-20-22-51(61-46)55(53-26-24-49(47)63-53)40-31-43(58(13,14)15)34-44(32-40)59(16,17)18/h19-26,29-38,60-61H,1-18H3. The van der Waals surface area contributed by atoms with Gasteiger partial charge < -0.3 is 9.97 Å². The van der Waals surface area contributed by atoms with Gasteiger partial charge >= 0.3 is 0 Å². The Morgan fingerprint density at radius 1 is 0.438 bits per heavy atom. The molecule has 0 atom stereocenters. The lowest BCUT2D eigenvalue weighted by Gasteiger charge is -2.38. The Morgan fingerprint density at radius 2 is 0.766 bits per heavy atom. The van der Waals surface area contributed by atoms with Crippen molar-refractivity contribution >= 4 is 54.4 Å². The first-order valence-electron chi connectivity index (χ1n) is 23.7. The van der Waals surface area contributed by atoms with Gasteiger partial charge in [-0.1, -0.05) is 167 Å². The monoisotopic (exact) mass is 867 g/mol. The van der Waals surface area contributed by atoms with Crippen molar-refractivity contribution in [1.29, 1.82) is 0 Å². The highest BCUT2D eigenvalue weighted by atomic mass is 28.3. The number of hydrogen-bond donors (Lipinski definition) is 2. The molecule has 5 heterocycles. The van der Waals surface area contributed by atoms with Gasteiger partial charge in [0.15, 0.2) is 0 Å². The zero-order valence-electron chi connectivity index (χ0n) is 42.3. The van der Waals surface area contributed by atoms with Crippen molar-refractivity contribution in [2.75, 3.05) is 0 Å². The molecule has 334 valence electrons. The second-order valence-electron chi connectivity index (χ2n) is 23.6. The number of H-pyrrole nitrogens is 2. The Morgan fingerprint density at radius 3 is 1.08 bits per heavy atom. The van der Waals surface area contributed by atoms with Crippen molar-refractivity contribution in [3.63, 3.8) is 0 Å². The minimum Gasteiger partial charge on any atom is -0.355 e. The molecule has 2 aromatic carbocycles. The fourth-order valence-electron chi connectivity index (χ4n) is 9.75. The van der Waals surface area contributed by atoms with Crippen LogP contribution in [0.3, 0.4) is 0 Å². The molecule has 5 aromatic rings. The predicted octanol–water partition coefficient (Wildman–Crippen LogP) is 16.7. The molecule has 0 fully saturated rings.